The predicted molar refractivity (Wildman–Crippen MR) is 156 cm³/mol. The molecule has 0 bridgehead atoms. The molecule has 0 spiro atoms. The van der Waals surface area contributed by atoms with Gasteiger partial charge in [-0.15, -0.1) is 12.4 Å². The van der Waals surface area contributed by atoms with Gasteiger partial charge in [0.05, 0.1) is 0 Å². The molecule has 13 N–H and O–H groups in total. The number of hydrogen-bond donors (Lipinski definition) is 5. The van der Waals surface area contributed by atoms with E-state index in [1.807, 2.05) is 0 Å². The van der Waals surface area contributed by atoms with Crippen LogP contribution in [0.4, 0.5) is 17.8 Å². The van der Waals surface area contributed by atoms with E-state index >= 15 is 0 Å². The molecule has 0 amide bonds. The van der Waals surface area contributed by atoms with Crippen LogP contribution in [0.1, 0.15) is 76.8 Å². The molecule has 1 aromatic rings. The van der Waals surface area contributed by atoms with Gasteiger partial charge in [-0.05, 0) is 71.3 Å². The number of anilines is 3. The lowest BCUT2D eigenvalue weighted by Gasteiger charge is -2.33. The average Bonchev–Trinajstić information content (AvgIpc) is 2.79. The number of aromatic nitrogens is 3. The molecular weight excluding hydrogens is 454 g/mol. The fraction of sp³-hybridized carbons (Fsp3) is 0.864. The van der Waals surface area contributed by atoms with E-state index in [-0.39, 0.29) is 42.7 Å². The van der Waals surface area contributed by atoms with Crippen LogP contribution in [-0.4, -0.2) is 71.7 Å². The summed E-state index contributed by atoms with van der Waals surface area (Å²) in [5.41, 5.74) is 0. The first-order valence-corrected chi connectivity index (χ1v) is 12.0. The largest absolute Gasteiger partial charge is 0.354 e. The lowest BCUT2D eigenvalue weighted by atomic mass is 10.0. The number of likely N-dealkylation sites (tertiary alicyclic amines) is 1. The monoisotopic (exact) mass is 513 g/mol. The lowest BCUT2D eigenvalue weighted by Crippen LogP contribution is -2.38. The molecule has 1 atom stereocenters. The van der Waals surface area contributed by atoms with Crippen LogP contribution >= 0.6 is 12.4 Å². The highest BCUT2D eigenvalue weighted by Gasteiger charge is 2.21. The van der Waals surface area contributed by atoms with Gasteiger partial charge in [0.25, 0.3) is 0 Å². The van der Waals surface area contributed by atoms with E-state index in [1.165, 1.54) is 64.3 Å². The molecule has 1 aromatic heterocycles. The van der Waals surface area contributed by atoms with Gasteiger partial charge in [-0.3, -0.25) is 0 Å². The van der Waals surface area contributed by atoms with Gasteiger partial charge in [0.2, 0.25) is 17.8 Å². The first-order valence-electron chi connectivity index (χ1n) is 12.0. The molecule has 3 aliphatic rings. The van der Waals surface area contributed by atoms with Gasteiger partial charge in [0, 0.05) is 51.0 Å². The molecule has 0 radical (unpaired) electrons. The molecule has 0 aliphatic carbocycles. The van der Waals surface area contributed by atoms with Gasteiger partial charge in [0.1, 0.15) is 0 Å². The Labute approximate surface area is 218 Å². The summed E-state index contributed by atoms with van der Waals surface area (Å²) in [6.07, 6.45) is 12.8. The molecule has 11 nitrogen and oxygen atoms in total. The number of hydrogen-bond acceptors (Lipinski definition) is 11. The smallest absolute Gasteiger partial charge is 0.231 e. The van der Waals surface area contributed by atoms with Crippen LogP contribution in [0.2, 0.25) is 0 Å². The van der Waals surface area contributed by atoms with Crippen LogP contribution < -0.4 is 39.7 Å². The van der Waals surface area contributed by atoms with Gasteiger partial charge < -0.3 is 44.6 Å². The molecular formula is C22H60ClN11. The SMILES string of the molecule is CC1CCCCN1CCCNc1nc(N2CCCCC2)nc(N2CCCCC2)n1.Cl.N.N.N.N.[HH].[HH].[HH].[HH]. The Balaban J connectivity index is -0.000000284. The summed E-state index contributed by atoms with van der Waals surface area (Å²) in [5.74, 6) is 2.49. The Hall–Kier alpha value is -1.50. The third-order valence-electron chi connectivity index (χ3n) is 6.74. The molecule has 3 fully saturated rings. The fourth-order valence-corrected chi connectivity index (χ4v) is 4.88. The highest BCUT2D eigenvalue weighted by atomic mass is 35.5. The van der Waals surface area contributed by atoms with Crippen molar-refractivity contribution >= 4 is 30.3 Å². The second kappa shape index (κ2) is 17.9. The summed E-state index contributed by atoms with van der Waals surface area (Å²) in [7, 11) is 0. The van der Waals surface area contributed by atoms with Crippen LogP contribution in [0.5, 0.6) is 0 Å². The Morgan fingerprint density at radius 2 is 1.24 bits per heavy atom. The first kappa shape index (κ1) is 34.7. The summed E-state index contributed by atoms with van der Waals surface area (Å²) in [6, 6.07) is 0.734. The summed E-state index contributed by atoms with van der Waals surface area (Å²) < 4.78 is 0. The maximum Gasteiger partial charge on any atom is 0.231 e. The highest BCUT2D eigenvalue weighted by molar-refractivity contribution is 5.85. The van der Waals surface area contributed by atoms with E-state index in [1.54, 1.807) is 0 Å². The van der Waals surface area contributed by atoms with Gasteiger partial charge in [0.15, 0.2) is 0 Å². The molecule has 1 unspecified atom stereocenters. The standard InChI is InChI=1S/C22H39N7.ClH.4H3N.4H2/c1-19-11-4-9-13-27(19)18-10-12-23-20-24-21(28-14-5-2-6-15-28)26-22(25-20)29-16-7-3-8-17-29;;;;;;;;;/h19H,2-18H2,1H3,(H,23,24,25,26);1H;4*1H3;4*1H. The molecule has 0 saturated carbocycles. The average molecular weight is 514 g/mol. The number of piperidine rings is 3. The van der Waals surface area contributed by atoms with Gasteiger partial charge >= 0.3 is 0 Å². The van der Waals surface area contributed by atoms with Gasteiger partial charge in [-0.1, -0.05) is 6.42 Å². The van der Waals surface area contributed by atoms with Crippen molar-refractivity contribution in [2.24, 2.45) is 0 Å². The quantitative estimate of drug-likeness (QED) is 0.284. The molecule has 34 heavy (non-hydrogen) atoms. The second-order valence-corrected chi connectivity index (χ2v) is 9.02. The predicted octanol–water partition coefficient (Wildman–Crippen LogP) is 5.58. The van der Waals surface area contributed by atoms with Crippen molar-refractivity contribution in [2.45, 2.75) is 77.2 Å². The number of halogens is 1. The van der Waals surface area contributed by atoms with E-state index in [0.717, 1.165) is 69.6 Å². The minimum absolute atomic E-state index is 0. The lowest BCUT2D eigenvalue weighted by molar-refractivity contribution is 0.160. The van der Waals surface area contributed by atoms with Crippen molar-refractivity contribution in [1.29, 1.82) is 0 Å². The van der Waals surface area contributed by atoms with E-state index in [0.29, 0.717) is 0 Å². The molecule has 3 saturated heterocycles. The Bertz CT molecular complexity index is 621. The molecule has 4 rings (SSSR count). The number of nitrogens with one attached hydrogen (secondary N) is 1. The van der Waals surface area contributed by atoms with Gasteiger partial charge in [-0.2, -0.15) is 15.0 Å². The van der Waals surface area contributed by atoms with E-state index in [9.17, 15) is 0 Å². The summed E-state index contributed by atoms with van der Waals surface area (Å²) in [6.45, 7) is 9.97. The van der Waals surface area contributed by atoms with Crippen molar-refractivity contribution < 1.29 is 5.71 Å². The Kier molecular flexibility index (Phi) is 18.2. The molecule has 210 valence electrons. The summed E-state index contributed by atoms with van der Waals surface area (Å²) in [5, 5.41) is 3.52. The Morgan fingerprint density at radius 3 is 1.74 bits per heavy atom. The van der Waals surface area contributed by atoms with Crippen LogP contribution in [0.15, 0.2) is 0 Å². The fourth-order valence-electron chi connectivity index (χ4n) is 4.88. The van der Waals surface area contributed by atoms with Crippen LogP contribution in [-0.2, 0) is 0 Å². The van der Waals surface area contributed by atoms with Crippen LogP contribution in [0, 0.1) is 0 Å². The normalized spacial score (nSPS) is 20.4. The molecule has 12 heteroatoms. The zero-order valence-corrected chi connectivity index (χ0v) is 22.3. The first-order chi connectivity index (χ1) is 14.3. The maximum absolute atomic E-state index is 4.87. The number of rotatable bonds is 7. The topological polar surface area (TPSA) is 200 Å². The Morgan fingerprint density at radius 1 is 0.735 bits per heavy atom. The second-order valence-electron chi connectivity index (χ2n) is 9.02. The summed E-state index contributed by atoms with van der Waals surface area (Å²) >= 11 is 0. The minimum Gasteiger partial charge on any atom is -0.354 e. The zero-order chi connectivity index (χ0) is 19.9. The third-order valence-corrected chi connectivity index (χ3v) is 6.74. The third kappa shape index (κ3) is 9.63. The van der Waals surface area contributed by atoms with Crippen molar-refractivity contribution in [2.75, 3.05) is 60.9 Å². The van der Waals surface area contributed by atoms with Crippen LogP contribution in [0.3, 0.4) is 0 Å². The van der Waals surface area contributed by atoms with E-state index < -0.39 is 0 Å². The van der Waals surface area contributed by atoms with Gasteiger partial charge in [-0.25, -0.2) is 0 Å². The van der Waals surface area contributed by atoms with Crippen molar-refractivity contribution in [3.8, 4) is 0 Å². The highest BCUT2D eigenvalue weighted by Crippen LogP contribution is 2.22. The minimum atomic E-state index is 0. The molecule has 0 aromatic carbocycles. The zero-order valence-electron chi connectivity index (χ0n) is 21.5. The van der Waals surface area contributed by atoms with Crippen molar-refractivity contribution in [3.05, 3.63) is 0 Å². The van der Waals surface area contributed by atoms with Crippen molar-refractivity contribution in [3.63, 3.8) is 0 Å². The number of nitrogens with zero attached hydrogens (tertiary/aromatic N) is 6. The molecule has 3 aliphatic heterocycles. The van der Waals surface area contributed by atoms with Crippen molar-refractivity contribution in [1.82, 2.24) is 44.5 Å². The van der Waals surface area contributed by atoms with E-state index in [4.69, 9.17) is 15.0 Å². The molecule has 4 heterocycles. The van der Waals surface area contributed by atoms with E-state index in [2.05, 4.69) is 26.9 Å². The summed E-state index contributed by atoms with van der Waals surface area (Å²) in [4.78, 5) is 21.8. The maximum atomic E-state index is 4.87. The van der Waals surface area contributed by atoms with Crippen LogP contribution in [0.25, 0.3) is 0 Å².